The lowest BCUT2D eigenvalue weighted by molar-refractivity contribution is 0.626. The van der Waals surface area contributed by atoms with Crippen molar-refractivity contribution in [1.29, 1.82) is 0 Å². The van der Waals surface area contributed by atoms with Crippen molar-refractivity contribution in [3.05, 3.63) is 59.4 Å². The first-order chi connectivity index (χ1) is 9.06. The maximum Gasteiger partial charge on any atom is 0.123 e. The van der Waals surface area contributed by atoms with Crippen LogP contribution in [0.4, 0.5) is 4.39 Å². The predicted octanol–water partition coefficient (Wildman–Crippen LogP) is 5.57. The third-order valence-corrected chi connectivity index (χ3v) is 4.24. The highest BCUT2D eigenvalue weighted by Gasteiger charge is 1.94. The summed E-state index contributed by atoms with van der Waals surface area (Å²) < 4.78 is 12.2. The second-order valence-corrected chi connectivity index (χ2v) is 5.86. The first-order valence-electron chi connectivity index (χ1n) is 5.97. The van der Waals surface area contributed by atoms with Gasteiger partial charge in [-0.2, -0.15) is 0 Å². The number of hydrogen-bond acceptors (Lipinski definition) is 2. The smallest absolute Gasteiger partial charge is 0.123 e. The van der Waals surface area contributed by atoms with E-state index in [1.165, 1.54) is 28.2 Å². The molecule has 0 unspecified atom stereocenters. The van der Waals surface area contributed by atoms with Gasteiger partial charge in [-0.05, 0) is 62.3 Å². The quantitative estimate of drug-likeness (QED) is 0.664. The van der Waals surface area contributed by atoms with Crippen LogP contribution in [0, 0.1) is 19.7 Å². The zero-order valence-corrected chi connectivity index (χ0v) is 13.4. The molecule has 0 saturated heterocycles. The summed E-state index contributed by atoms with van der Waals surface area (Å²) in [5.74, 6) is -0.173. The molecule has 3 heteroatoms. The van der Waals surface area contributed by atoms with Crippen molar-refractivity contribution in [3.8, 4) is 0 Å². The highest BCUT2D eigenvalue weighted by atomic mass is 32.2. The van der Waals surface area contributed by atoms with E-state index in [1.54, 1.807) is 35.7 Å². The van der Waals surface area contributed by atoms with Gasteiger partial charge < -0.3 is 0 Å². The second-order valence-electron chi connectivity index (χ2n) is 4.13. The summed E-state index contributed by atoms with van der Waals surface area (Å²) in [5, 5.41) is 0. The maximum absolute atomic E-state index is 12.2. The van der Waals surface area contributed by atoms with Crippen molar-refractivity contribution in [2.75, 3.05) is 12.5 Å². The van der Waals surface area contributed by atoms with Crippen molar-refractivity contribution < 1.29 is 4.39 Å². The minimum Gasteiger partial charge on any atom is -0.207 e. The number of aryl methyl sites for hydroxylation is 2. The van der Waals surface area contributed by atoms with Gasteiger partial charge in [0, 0.05) is 9.79 Å². The van der Waals surface area contributed by atoms with Crippen LogP contribution in [0.3, 0.4) is 0 Å². The van der Waals surface area contributed by atoms with Crippen LogP contribution in [0.15, 0.2) is 52.3 Å². The Morgan fingerprint density at radius 1 is 0.842 bits per heavy atom. The van der Waals surface area contributed by atoms with Gasteiger partial charge >= 0.3 is 0 Å². The average Bonchev–Trinajstić information content (AvgIpc) is 2.40. The van der Waals surface area contributed by atoms with Crippen LogP contribution >= 0.6 is 23.5 Å². The van der Waals surface area contributed by atoms with Crippen molar-refractivity contribution in [1.82, 2.24) is 0 Å². The van der Waals surface area contributed by atoms with Crippen LogP contribution in [0.25, 0.3) is 0 Å². The molecule has 2 aromatic rings. The van der Waals surface area contributed by atoms with Crippen LogP contribution in [0.5, 0.6) is 0 Å². The Morgan fingerprint density at radius 2 is 1.47 bits per heavy atom. The fourth-order valence-electron chi connectivity index (χ4n) is 1.60. The average molecular weight is 294 g/mol. The summed E-state index contributed by atoms with van der Waals surface area (Å²) in [5.41, 5.74) is 2.72. The van der Waals surface area contributed by atoms with Crippen molar-refractivity contribution >= 4 is 23.5 Å². The molecule has 0 amide bonds. The Kier molecular flexibility index (Phi) is 7.03. The van der Waals surface area contributed by atoms with Crippen LogP contribution in [0.1, 0.15) is 11.1 Å². The predicted molar refractivity (Wildman–Crippen MR) is 85.9 cm³/mol. The zero-order chi connectivity index (χ0) is 14.3. The first-order valence-corrected chi connectivity index (χ1v) is 8.42. The second kappa shape index (κ2) is 8.28. The van der Waals surface area contributed by atoms with Crippen molar-refractivity contribution in [2.24, 2.45) is 0 Å². The van der Waals surface area contributed by atoms with Crippen molar-refractivity contribution in [2.45, 2.75) is 23.6 Å². The van der Waals surface area contributed by atoms with E-state index in [9.17, 15) is 4.39 Å². The largest absolute Gasteiger partial charge is 0.207 e. The molecular weight excluding hydrogens is 275 g/mol. The molecule has 0 radical (unpaired) electrons. The monoisotopic (exact) mass is 294 g/mol. The molecule has 2 rings (SSSR count). The molecule has 0 atom stereocenters. The standard InChI is InChI=1S/C9H12S.C7H7FS/c1-7-4-5-9(10-3)8(2)6-7;1-9-7-4-2-6(8)3-5-7/h4-6H,1-3H3;2-5H,1H3. The van der Waals surface area contributed by atoms with E-state index in [4.69, 9.17) is 0 Å². The van der Waals surface area contributed by atoms with E-state index in [0.29, 0.717) is 0 Å². The molecule has 0 aliphatic carbocycles. The van der Waals surface area contributed by atoms with E-state index >= 15 is 0 Å². The van der Waals surface area contributed by atoms with Gasteiger partial charge in [-0.25, -0.2) is 4.39 Å². The van der Waals surface area contributed by atoms with Gasteiger partial charge in [0.1, 0.15) is 5.82 Å². The number of hydrogen-bond donors (Lipinski definition) is 0. The van der Waals surface area contributed by atoms with Gasteiger partial charge in [-0.1, -0.05) is 17.7 Å². The van der Waals surface area contributed by atoms with Gasteiger partial charge in [0.2, 0.25) is 0 Å². The van der Waals surface area contributed by atoms with E-state index in [0.717, 1.165) is 4.90 Å². The molecule has 0 heterocycles. The Morgan fingerprint density at radius 3 is 1.95 bits per heavy atom. The summed E-state index contributed by atoms with van der Waals surface area (Å²) >= 11 is 3.41. The van der Waals surface area contributed by atoms with Gasteiger partial charge in [0.05, 0.1) is 0 Å². The molecule has 2 aromatic carbocycles. The highest BCUT2D eigenvalue weighted by Crippen LogP contribution is 2.19. The highest BCUT2D eigenvalue weighted by molar-refractivity contribution is 7.98. The van der Waals surface area contributed by atoms with Crippen LogP contribution in [0.2, 0.25) is 0 Å². The molecule has 0 fully saturated rings. The number of halogens is 1. The number of thioether (sulfide) groups is 2. The lowest BCUT2D eigenvalue weighted by Gasteiger charge is -2.01. The van der Waals surface area contributed by atoms with Crippen LogP contribution in [-0.4, -0.2) is 12.5 Å². The topological polar surface area (TPSA) is 0 Å². The molecule has 0 N–H and O–H groups in total. The van der Waals surface area contributed by atoms with Crippen LogP contribution < -0.4 is 0 Å². The Balaban J connectivity index is 0.000000191. The van der Waals surface area contributed by atoms with Crippen molar-refractivity contribution in [3.63, 3.8) is 0 Å². The summed E-state index contributed by atoms with van der Waals surface area (Å²) in [6, 6.07) is 13.0. The normalized spacial score (nSPS) is 9.74. The zero-order valence-electron chi connectivity index (χ0n) is 11.7. The molecule has 102 valence electrons. The summed E-state index contributed by atoms with van der Waals surface area (Å²) in [6.45, 7) is 4.27. The Bertz CT molecular complexity index is 507. The lowest BCUT2D eigenvalue weighted by Crippen LogP contribution is -1.79. The SMILES string of the molecule is CSc1ccc(C)cc1C.CSc1ccc(F)cc1. The third kappa shape index (κ3) is 5.70. The maximum atomic E-state index is 12.2. The van der Waals surface area contributed by atoms with Gasteiger partial charge in [-0.3, -0.25) is 0 Å². The Hall–Kier alpha value is -0.930. The molecule has 0 spiro atoms. The number of benzene rings is 2. The van der Waals surface area contributed by atoms with Gasteiger partial charge in [0.15, 0.2) is 0 Å². The summed E-state index contributed by atoms with van der Waals surface area (Å²) in [7, 11) is 0. The molecule has 0 aliphatic rings. The summed E-state index contributed by atoms with van der Waals surface area (Å²) in [4.78, 5) is 2.47. The third-order valence-electron chi connectivity index (χ3n) is 2.60. The minimum atomic E-state index is -0.173. The fraction of sp³-hybridized carbons (Fsp3) is 0.250. The lowest BCUT2D eigenvalue weighted by atomic mass is 10.2. The number of rotatable bonds is 2. The van der Waals surface area contributed by atoms with Gasteiger partial charge in [-0.15, -0.1) is 23.5 Å². The first kappa shape index (κ1) is 16.1. The van der Waals surface area contributed by atoms with Crippen LogP contribution in [-0.2, 0) is 0 Å². The minimum absolute atomic E-state index is 0.173. The Labute approximate surface area is 123 Å². The van der Waals surface area contributed by atoms with E-state index in [2.05, 4.69) is 38.3 Å². The molecule has 0 saturated carbocycles. The summed E-state index contributed by atoms with van der Waals surface area (Å²) in [6.07, 6.45) is 4.07. The van der Waals surface area contributed by atoms with E-state index < -0.39 is 0 Å². The van der Waals surface area contributed by atoms with Gasteiger partial charge in [0.25, 0.3) is 0 Å². The molecule has 0 aliphatic heterocycles. The molecule has 19 heavy (non-hydrogen) atoms. The fourth-order valence-corrected chi connectivity index (χ4v) is 2.59. The molecule has 0 aromatic heterocycles. The van der Waals surface area contributed by atoms with E-state index in [-0.39, 0.29) is 5.82 Å². The molecule has 0 bridgehead atoms. The molecule has 0 nitrogen and oxygen atoms in total. The van der Waals surface area contributed by atoms with E-state index in [1.807, 2.05) is 6.26 Å². The molecular formula is C16H19FS2.